The zero-order valence-corrected chi connectivity index (χ0v) is 15.0. The van der Waals surface area contributed by atoms with Crippen LogP contribution in [0.4, 0.5) is 0 Å². The van der Waals surface area contributed by atoms with Crippen LogP contribution in [0.2, 0.25) is 0 Å². The Hall–Kier alpha value is -3.68. The van der Waals surface area contributed by atoms with Crippen LogP contribution in [-0.2, 0) is 13.6 Å². The van der Waals surface area contributed by atoms with E-state index >= 15 is 0 Å². The maximum absolute atomic E-state index is 12.7. The number of amides is 1. The molecule has 0 aliphatic rings. The van der Waals surface area contributed by atoms with Gasteiger partial charge in [-0.15, -0.1) is 0 Å². The Morgan fingerprint density at radius 3 is 2.67 bits per heavy atom. The van der Waals surface area contributed by atoms with Crippen molar-refractivity contribution in [1.82, 2.24) is 29.7 Å². The van der Waals surface area contributed by atoms with Crippen molar-refractivity contribution >= 4 is 11.4 Å². The number of methoxy groups -OCH3 is 1. The molecule has 0 saturated heterocycles. The van der Waals surface area contributed by atoms with Crippen molar-refractivity contribution in [2.24, 2.45) is 7.05 Å². The molecule has 136 valence electrons. The van der Waals surface area contributed by atoms with Crippen LogP contribution in [0.15, 0.2) is 55.4 Å². The van der Waals surface area contributed by atoms with E-state index in [1.54, 1.807) is 41.1 Å². The number of aryl methyl sites for hydroxylation is 1. The minimum absolute atomic E-state index is 0.214. The Labute approximate surface area is 155 Å². The number of fused-ring (bicyclic) bond motifs is 1. The van der Waals surface area contributed by atoms with Crippen molar-refractivity contribution in [2.75, 3.05) is 7.11 Å². The second-order valence-corrected chi connectivity index (χ2v) is 6.09. The summed E-state index contributed by atoms with van der Waals surface area (Å²) in [7, 11) is 3.44. The largest absolute Gasteiger partial charge is 0.494 e. The topological polar surface area (TPSA) is 86.3 Å². The molecule has 0 spiro atoms. The minimum Gasteiger partial charge on any atom is -0.494 e. The first kappa shape index (κ1) is 16.8. The number of nitrogens with one attached hydrogen (secondary N) is 1. The lowest BCUT2D eigenvalue weighted by Crippen LogP contribution is -2.22. The number of pyridine rings is 2. The molecule has 0 aliphatic heterocycles. The monoisotopic (exact) mass is 362 g/mol. The van der Waals surface area contributed by atoms with Gasteiger partial charge in [0.2, 0.25) is 0 Å². The Balaban J connectivity index is 1.67. The summed E-state index contributed by atoms with van der Waals surface area (Å²) in [5, 5.41) is 11.4. The van der Waals surface area contributed by atoms with Gasteiger partial charge < -0.3 is 10.1 Å². The highest BCUT2D eigenvalue weighted by Gasteiger charge is 2.18. The summed E-state index contributed by atoms with van der Waals surface area (Å²) in [5.41, 5.74) is 3.90. The van der Waals surface area contributed by atoms with E-state index in [0.717, 1.165) is 16.7 Å². The second kappa shape index (κ2) is 6.91. The predicted octanol–water partition coefficient (Wildman–Crippen LogP) is 2.07. The van der Waals surface area contributed by atoms with Gasteiger partial charge >= 0.3 is 0 Å². The molecule has 4 aromatic heterocycles. The van der Waals surface area contributed by atoms with Crippen LogP contribution >= 0.6 is 0 Å². The molecule has 0 fully saturated rings. The molecular formula is C19H18N6O2. The molecule has 8 nitrogen and oxygen atoms in total. The molecule has 0 atom stereocenters. The van der Waals surface area contributed by atoms with Gasteiger partial charge in [-0.25, -0.2) is 4.52 Å². The standard InChI is InChI=1S/C19H18N6O2/c1-24-11-15(9-22-24)14-7-17(27-2)18-16(10-23-25(18)12-14)19(26)21-8-13-3-5-20-6-4-13/h3-7,9-12H,8H2,1-2H3,(H,21,26). The van der Waals surface area contributed by atoms with E-state index in [0.29, 0.717) is 23.4 Å². The highest BCUT2D eigenvalue weighted by atomic mass is 16.5. The van der Waals surface area contributed by atoms with Gasteiger partial charge in [0.25, 0.3) is 5.91 Å². The normalized spacial score (nSPS) is 10.9. The second-order valence-electron chi connectivity index (χ2n) is 6.09. The summed E-state index contributed by atoms with van der Waals surface area (Å²) in [4.78, 5) is 16.6. The molecule has 0 aliphatic carbocycles. The van der Waals surface area contributed by atoms with Crippen molar-refractivity contribution in [2.45, 2.75) is 6.54 Å². The summed E-state index contributed by atoms with van der Waals surface area (Å²) in [6.07, 6.45) is 10.5. The maximum Gasteiger partial charge on any atom is 0.255 e. The van der Waals surface area contributed by atoms with Crippen LogP contribution in [0.1, 0.15) is 15.9 Å². The van der Waals surface area contributed by atoms with Crippen molar-refractivity contribution in [3.63, 3.8) is 0 Å². The van der Waals surface area contributed by atoms with Crippen molar-refractivity contribution in [3.05, 3.63) is 66.5 Å². The molecule has 0 saturated carbocycles. The molecule has 4 rings (SSSR count). The highest BCUT2D eigenvalue weighted by molar-refractivity contribution is 6.02. The quantitative estimate of drug-likeness (QED) is 0.587. The number of aromatic nitrogens is 5. The molecule has 0 radical (unpaired) electrons. The molecule has 1 amide bonds. The molecule has 1 N–H and O–H groups in total. The zero-order chi connectivity index (χ0) is 18.8. The number of carbonyl (C=O) groups is 1. The average Bonchev–Trinajstić information content (AvgIpc) is 3.32. The molecule has 0 bridgehead atoms. The Kier molecular flexibility index (Phi) is 4.29. The first-order chi connectivity index (χ1) is 13.2. The number of rotatable bonds is 5. The molecule has 0 unspecified atom stereocenters. The van der Waals surface area contributed by atoms with Gasteiger partial charge in [-0.05, 0) is 23.8 Å². The predicted molar refractivity (Wildman–Crippen MR) is 99.4 cm³/mol. The van der Waals surface area contributed by atoms with Gasteiger partial charge in [0, 0.05) is 49.5 Å². The van der Waals surface area contributed by atoms with E-state index in [9.17, 15) is 4.79 Å². The lowest BCUT2D eigenvalue weighted by atomic mass is 10.1. The van der Waals surface area contributed by atoms with Crippen LogP contribution < -0.4 is 10.1 Å². The first-order valence-electron chi connectivity index (χ1n) is 8.37. The molecule has 0 aromatic carbocycles. The van der Waals surface area contributed by atoms with Crippen molar-refractivity contribution < 1.29 is 9.53 Å². The Morgan fingerprint density at radius 1 is 1.15 bits per heavy atom. The summed E-state index contributed by atoms with van der Waals surface area (Å²) in [6.45, 7) is 0.411. The van der Waals surface area contributed by atoms with Crippen molar-refractivity contribution in [3.8, 4) is 16.9 Å². The highest BCUT2D eigenvalue weighted by Crippen LogP contribution is 2.29. The lowest BCUT2D eigenvalue weighted by Gasteiger charge is -2.09. The summed E-state index contributed by atoms with van der Waals surface area (Å²) < 4.78 is 8.92. The van der Waals surface area contributed by atoms with Gasteiger partial charge in [0.05, 0.1) is 25.1 Å². The van der Waals surface area contributed by atoms with E-state index in [1.165, 1.54) is 0 Å². The van der Waals surface area contributed by atoms with Crippen LogP contribution in [0.25, 0.3) is 16.6 Å². The summed E-state index contributed by atoms with van der Waals surface area (Å²) in [6, 6.07) is 5.60. The lowest BCUT2D eigenvalue weighted by molar-refractivity contribution is 0.0952. The SMILES string of the molecule is COc1cc(-c2cnn(C)c2)cn2ncc(C(=O)NCc3ccncc3)c12. The van der Waals surface area contributed by atoms with Crippen molar-refractivity contribution in [1.29, 1.82) is 0 Å². The number of carbonyl (C=O) groups excluding carboxylic acids is 1. The third kappa shape index (κ3) is 3.24. The number of ether oxygens (including phenoxy) is 1. The van der Waals surface area contributed by atoms with E-state index in [1.807, 2.05) is 37.6 Å². The van der Waals surface area contributed by atoms with Crippen LogP contribution in [0.3, 0.4) is 0 Å². The third-order valence-electron chi connectivity index (χ3n) is 4.28. The van der Waals surface area contributed by atoms with E-state index < -0.39 is 0 Å². The first-order valence-corrected chi connectivity index (χ1v) is 8.37. The minimum atomic E-state index is -0.214. The van der Waals surface area contributed by atoms with E-state index in [-0.39, 0.29) is 5.91 Å². The summed E-state index contributed by atoms with van der Waals surface area (Å²) in [5.74, 6) is 0.358. The Bertz CT molecular complexity index is 1100. The van der Waals surface area contributed by atoms with E-state index in [2.05, 4.69) is 20.5 Å². The zero-order valence-electron chi connectivity index (χ0n) is 15.0. The number of nitrogens with zero attached hydrogens (tertiary/aromatic N) is 5. The Morgan fingerprint density at radius 2 is 1.96 bits per heavy atom. The number of hydrogen-bond donors (Lipinski definition) is 1. The third-order valence-corrected chi connectivity index (χ3v) is 4.28. The number of hydrogen-bond acceptors (Lipinski definition) is 5. The van der Waals surface area contributed by atoms with Gasteiger partial charge in [0.15, 0.2) is 0 Å². The molecule has 27 heavy (non-hydrogen) atoms. The van der Waals surface area contributed by atoms with Gasteiger partial charge in [-0.3, -0.25) is 14.5 Å². The average molecular weight is 362 g/mol. The summed E-state index contributed by atoms with van der Waals surface area (Å²) >= 11 is 0. The van der Waals surface area contributed by atoms with Crippen LogP contribution in [0.5, 0.6) is 5.75 Å². The molecular weight excluding hydrogens is 344 g/mol. The molecule has 4 aromatic rings. The smallest absolute Gasteiger partial charge is 0.255 e. The fourth-order valence-electron chi connectivity index (χ4n) is 2.91. The molecule has 4 heterocycles. The van der Waals surface area contributed by atoms with E-state index in [4.69, 9.17) is 4.74 Å². The van der Waals surface area contributed by atoms with Gasteiger partial charge in [-0.1, -0.05) is 0 Å². The van der Waals surface area contributed by atoms with Gasteiger partial charge in [-0.2, -0.15) is 10.2 Å². The van der Waals surface area contributed by atoms with Gasteiger partial charge in [0.1, 0.15) is 11.3 Å². The molecule has 8 heteroatoms. The van der Waals surface area contributed by atoms with Crippen LogP contribution in [0, 0.1) is 0 Å². The maximum atomic E-state index is 12.7. The fraction of sp³-hybridized carbons (Fsp3) is 0.158. The van der Waals surface area contributed by atoms with Crippen LogP contribution in [-0.4, -0.2) is 37.4 Å². The fourth-order valence-corrected chi connectivity index (χ4v) is 2.91.